The lowest BCUT2D eigenvalue weighted by Crippen LogP contribution is -2.27. The number of rotatable bonds is 9. The molecule has 1 aliphatic heterocycles. The van der Waals surface area contributed by atoms with Gasteiger partial charge in [0.1, 0.15) is 0 Å². The SMILES string of the molecule is C=C(/C=C/C=C/C=C1/N(CCCc2ccccc2)c2ccccc2C1(C)C)C(C)(C)c1ccccc1C. The second-order valence-corrected chi connectivity index (χ2v) is 11.1. The molecule has 0 saturated heterocycles. The van der Waals surface area contributed by atoms with Gasteiger partial charge >= 0.3 is 0 Å². The summed E-state index contributed by atoms with van der Waals surface area (Å²) in [7, 11) is 0. The van der Waals surface area contributed by atoms with Crippen molar-refractivity contribution in [1.29, 1.82) is 0 Å². The van der Waals surface area contributed by atoms with Crippen LogP contribution in [0.1, 0.15) is 56.4 Å². The molecule has 0 radical (unpaired) electrons. The minimum atomic E-state index is -0.112. The van der Waals surface area contributed by atoms with E-state index in [1.807, 2.05) is 0 Å². The molecule has 0 spiro atoms. The molecule has 0 amide bonds. The van der Waals surface area contributed by atoms with Crippen molar-refractivity contribution >= 4 is 5.69 Å². The Morgan fingerprint density at radius 3 is 2.30 bits per heavy atom. The van der Waals surface area contributed by atoms with Crippen LogP contribution in [0.3, 0.4) is 0 Å². The summed E-state index contributed by atoms with van der Waals surface area (Å²) in [4.78, 5) is 2.52. The van der Waals surface area contributed by atoms with E-state index < -0.39 is 0 Å². The molecule has 1 heteroatoms. The van der Waals surface area contributed by atoms with E-state index in [-0.39, 0.29) is 10.8 Å². The van der Waals surface area contributed by atoms with Gasteiger partial charge in [0.15, 0.2) is 0 Å². The van der Waals surface area contributed by atoms with Crippen molar-refractivity contribution < 1.29 is 0 Å². The fourth-order valence-electron chi connectivity index (χ4n) is 5.51. The Hall–Kier alpha value is -3.58. The van der Waals surface area contributed by atoms with E-state index in [1.54, 1.807) is 0 Å². The molecule has 3 aromatic rings. The van der Waals surface area contributed by atoms with Crippen LogP contribution < -0.4 is 4.90 Å². The van der Waals surface area contributed by atoms with Crippen molar-refractivity contribution in [3.05, 3.63) is 149 Å². The Balaban J connectivity index is 1.50. The van der Waals surface area contributed by atoms with Crippen LogP contribution in [0.25, 0.3) is 0 Å². The minimum absolute atomic E-state index is 0.0339. The number of aryl methyl sites for hydroxylation is 2. The predicted molar refractivity (Wildman–Crippen MR) is 161 cm³/mol. The number of hydrogen-bond acceptors (Lipinski definition) is 1. The highest BCUT2D eigenvalue weighted by Crippen LogP contribution is 2.47. The van der Waals surface area contributed by atoms with Gasteiger partial charge in [-0.05, 0) is 59.7 Å². The molecular weight excluding hydrogens is 446 g/mol. The molecule has 1 heterocycles. The summed E-state index contributed by atoms with van der Waals surface area (Å²) in [5.41, 5.74) is 9.08. The molecule has 0 unspecified atom stereocenters. The minimum Gasteiger partial charge on any atom is -0.344 e. The summed E-state index contributed by atoms with van der Waals surface area (Å²) < 4.78 is 0. The van der Waals surface area contributed by atoms with E-state index in [9.17, 15) is 0 Å². The van der Waals surface area contributed by atoms with Crippen molar-refractivity contribution in [3.63, 3.8) is 0 Å². The van der Waals surface area contributed by atoms with Crippen molar-refractivity contribution in [3.8, 4) is 0 Å². The third kappa shape index (κ3) is 5.72. The molecule has 0 fully saturated rings. The summed E-state index contributed by atoms with van der Waals surface area (Å²) >= 11 is 0. The van der Waals surface area contributed by atoms with E-state index in [2.05, 4.69) is 155 Å². The van der Waals surface area contributed by atoms with Crippen LogP contribution in [-0.2, 0) is 17.3 Å². The maximum absolute atomic E-state index is 4.40. The molecule has 0 saturated carbocycles. The Bertz CT molecular complexity index is 1320. The zero-order chi connectivity index (χ0) is 26.5. The molecular formula is C36H41N. The zero-order valence-electron chi connectivity index (χ0n) is 23.2. The van der Waals surface area contributed by atoms with E-state index in [1.165, 1.54) is 33.6 Å². The number of nitrogens with zero attached hydrogens (tertiary/aromatic N) is 1. The van der Waals surface area contributed by atoms with Crippen LogP contribution in [0.5, 0.6) is 0 Å². The number of anilines is 1. The lowest BCUT2D eigenvalue weighted by Gasteiger charge is -2.28. The van der Waals surface area contributed by atoms with Crippen molar-refractivity contribution in [2.24, 2.45) is 0 Å². The van der Waals surface area contributed by atoms with E-state index in [0.717, 1.165) is 25.0 Å². The highest BCUT2D eigenvalue weighted by molar-refractivity contribution is 5.70. The molecule has 1 aliphatic rings. The summed E-state index contributed by atoms with van der Waals surface area (Å²) in [6.45, 7) is 16.8. The van der Waals surface area contributed by atoms with Gasteiger partial charge in [-0.15, -0.1) is 0 Å². The Morgan fingerprint density at radius 1 is 0.865 bits per heavy atom. The number of hydrogen-bond donors (Lipinski definition) is 0. The Kier molecular flexibility index (Phi) is 8.03. The van der Waals surface area contributed by atoms with Crippen LogP contribution >= 0.6 is 0 Å². The lowest BCUT2D eigenvalue weighted by molar-refractivity contribution is 0.625. The highest BCUT2D eigenvalue weighted by atomic mass is 15.2. The van der Waals surface area contributed by atoms with E-state index in [4.69, 9.17) is 0 Å². The molecule has 0 bridgehead atoms. The van der Waals surface area contributed by atoms with Gasteiger partial charge in [-0.1, -0.05) is 131 Å². The summed E-state index contributed by atoms with van der Waals surface area (Å²) in [5, 5.41) is 0. The number of para-hydroxylation sites is 1. The smallest absolute Gasteiger partial charge is 0.0450 e. The average molecular weight is 488 g/mol. The van der Waals surface area contributed by atoms with Crippen LogP contribution in [0, 0.1) is 6.92 Å². The quantitative estimate of drug-likeness (QED) is 0.272. The van der Waals surface area contributed by atoms with Crippen LogP contribution in [0.4, 0.5) is 5.69 Å². The number of benzene rings is 3. The van der Waals surface area contributed by atoms with Gasteiger partial charge < -0.3 is 4.90 Å². The number of fused-ring (bicyclic) bond motifs is 1. The first-order chi connectivity index (χ1) is 17.7. The first-order valence-corrected chi connectivity index (χ1v) is 13.4. The predicted octanol–water partition coefficient (Wildman–Crippen LogP) is 9.26. The van der Waals surface area contributed by atoms with Crippen molar-refractivity contribution in [1.82, 2.24) is 0 Å². The van der Waals surface area contributed by atoms with Gasteiger partial charge in [0, 0.05) is 28.8 Å². The van der Waals surface area contributed by atoms with Gasteiger partial charge in [0.2, 0.25) is 0 Å². The monoisotopic (exact) mass is 487 g/mol. The Labute approximate surface area is 224 Å². The summed E-state index contributed by atoms with van der Waals surface area (Å²) in [5.74, 6) is 0. The van der Waals surface area contributed by atoms with Crippen LogP contribution in [0.2, 0.25) is 0 Å². The first kappa shape index (κ1) is 26.5. The molecule has 37 heavy (non-hydrogen) atoms. The zero-order valence-corrected chi connectivity index (χ0v) is 23.2. The van der Waals surface area contributed by atoms with Crippen LogP contribution in [0.15, 0.2) is 127 Å². The normalized spacial score (nSPS) is 16.1. The van der Waals surface area contributed by atoms with E-state index >= 15 is 0 Å². The van der Waals surface area contributed by atoms with Gasteiger partial charge in [-0.25, -0.2) is 0 Å². The highest BCUT2D eigenvalue weighted by Gasteiger charge is 2.39. The summed E-state index contributed by atoms with van der Waals surface area (Å²) in [6, 6.07) is 28.2. The fraction of sp³-hybridized carbons (Fsp3) is 0.278. The molecule has 0 atom stereocenters. The van der Waals surface area contributed by atoms with Gasteiger partial charge in [0.25, 0.3) is 0 Å². The third-order valence-corrected chi connectivity index (χ3v) is 7.88. The topological polar surface area (TPSA) is 3.24 Å². The second kappa shape index (κ2) is 11.2. The van der Waals surface area contributed by atoms with Crippen molar-refractivity contribution in [2.75, 3.05) is 11.4 Å². The van der Waals surface area contributed by atoms with Gasteiger partial charge in [-0.2, -0.15) is 0 Å². The van der Waals surface area contributed by atoms with Gasteiger partial charge in [-0.3, -0.25) is 0 Å². The van der Waals surface area contributed by atoms with E-state index in [0.29, 0.717) is 0 Å². The average Bonchev–Trinajstić information content (AvgIpc) is 3.10. The lowest BCUT2D eigenvalue weighted by atomic mass is 9.76. The number of allylic oxidation sites excluding steroid dienone is 7. The largest absolute Gasteiger partial charge is 0.344 e. The maximum Gasteiger partial charge on any atom is 0.0450 e. The van der Waals surface area contributed by atoms with Crippen LogP contribution in [-0.4, -0.2) is 6.54 Å². The standard InChI is InChI=1S/C36H41N/c1-28-18-13-14-23-31(28)35(3,4)29(2)19-9-7-12-26-34-36(5,6)32-24-15-16-25-33(32)37(34)27-17-22-30-20-10-8-11-21-30/h7-16,18-21,23-26H,2,17,22,27H2,1,3-6H3/b12-7+,19-9+,34-26+. The molecule has 1 nitrogen and oxygen atoms in total. The summed E-state index contributed by atoms with van der Waals surface area (Å²) in [6.07, 6.45) is 13.1. The Morgan fingerprint density at radius 2 is 1.54 bits per heavy atom. The molecule has 3 aromatic carbocycles. The van der Waals surface area contributed by atoms with Gasteiger partial charge in [0.05, 0.1) is 0 Å². The fourth-order valence-corrected chi connectivity index (χ4v) is 5.51. The maximum atomic E-state index is 4.40. The molecule has 0 aromatic heterocycles. The first-order valence-electron chi connectivity index (χ1n) is 13.4. The molecule has 0 aliphatic carbocycles. The molecule has 190 valence electrons. The second-order valence-electron chi connectivity index (χ2n) is 11.1. The van der Waals surface area contributed by atoms with Crippen molar-refractivity contribution in [2.45, 2.75) is 58.3 Å². The molecule has 4 rings (SSSR count). The third-order valence-electron chi connectivity index (χ3n) is 7.88. The molecule has 0 N–H and O–H groups in total.